The lowest BCUT2D eigenvalue weighted by Crippen LogP contribution is -2.44. The lowest BCUT2D eigenvalue weighted by atomic mass is 10.0. The van der Waals surface area contributed by atoms with Crippen molar-refractivity contribution in [3.63, 3.8) is 0 Å². The standard InChI is InChI=1S/C15H23FN2O/c1-17(10-11-19-2)14-6-8-18(9-7-14)15-5-3-4-13(16)12-15/h3-5,12,14H,6-11H2,1-2H3. The summed E-state index contributed by atoms with van der Waals surface area (Å²) in [5.74, 6) is -0.156. The number of methoxy groups -OCH3 is 1. The highest BCUT2D eigenvalue weighted by atomic mass is 19.1. The Hall–Kier alpha value is -1.13. The molecule has 1 aromatic rings. The van der Waals surface area contributed by atoms with Crippen molar-refractivity contribution in [3.8, 4) is 0 Å². The van der Waals surface area contributed by atoms with Crippen molar-refractivity contribution in [3.05, 3.63) is 30.1 Å². The maximum Gasteiger partial charge on any atom is 0.125 e. The van der Waals surface area contributed by atoms with E-state index in [2.05, 4.69) is 16.8 Å². The third-order valence-corrected chi connectivity index (χ3v) is 3.91. The van der Waals surface area contributed by atoms with Crippen LogP contribution in [0.4, 0.5) is 10.1 Å². The average Bonchev–Trinajstić information content (AvgIpc) is 2.45. The summed E-state index contributed by atoms with van der Waals surface area (Å²) in [5, 5.41) is 0. The smallest absolute Gasteiger partial charge is 0.125 e. The quantitative estimate of drug-likeness (QED) is 0.814. The van der Waals surface area contributed by atoms with Gasteiger partial charge >= 0.3 is 0 Å². The van der Waals surface area contributed by atoms with Crippen LogP contribution in [-0.4, -0.2) is 51.3 Å². The zero-order chi connectivity index (χ0) is 13.7. The third-order valence-electron chi connectivity index (χ3n) is 3.91. The Labute approximate surface area is 115 Å². The fraction of sp³-hybridized carbons (Fsp3) is 0.600. The Balaban J connectivity index is 1.85. The van der Waals surface area contributed by atoms with Crippen LogP contribution >= 0.6 is 0 Å². The van der Waals surface area contributed by atoms with Gasteiger partial charge in [0.25, 0.3) is 0 Å². The molecule has 0 aliphatic carbocycles. The molecule has 1 aliphatic heterocycles. The van der Waals surface area contributed by atoms with Crippen LogP contribution in [0.3, 0.4) is 0 Å². The number of likely N-dealkylation sites (N-methyl/N-ethyl adjacent to an activating group) is 1. The molecule has 0 aromatic heterocycles. The Morgan fingerprint density at radius 2 is 2.11 bits per heavy atom. The first-order valence-electron chi connectivity index (χ1n) is 6.90. The van der Waals surface area contributed by atoms with E-state index < -0.39 is 0 Å². The van der Waals surface area contributed by atoms with Crippen molar-refractivity contribution in [2.75, 3.05) is 45.3 Å². The molecule has 3 nitrogen and oxygen atoms in total. The van der Waals surface area contributed by atoms with Crippen molar-refractivity contribution in [2.24, 2.45) is 0 Å². The number of ether oxygens (including phenoxy) is 1. The maximum atomic E-state index is 13.2. The van der Waals surface area contributed by atoms with E-state index in [9.17, 15) is 4.39 Å². The monoisotopic (exact) mass is 266 g/mol. The molecule has 0 amide bonds. The van der Waals surface area contributed by atoms with Gasteiger partial charge in [0.2, 0.25) is 0 Å². The average molecular weight is 266 g/mol. The summed E-state index contributed by atoms with van der Waals surface area (Å²) in [4.78, 5) is 4.64. The number of hydrogen-bond donors (Lipinski definition) is 0. The van der Waals surface area contributed by atoms with E-state index in [-0.39, 0.29) is 5.82 Å². The lowest BCUT2D eigenvalue weighted by Gasteiger charge is -2.37. The number of piperidine rings is 1. The van der Waals surface area contributed by atoms with Gasteiger partial charge in [-0.3, -0.25) is 0 Å². The molecule has 1 aliphatic rings. The Morgan fingerprint density at radius 3 is 2.74 bits per heavy atom. The van der Waals surface area contributed by atoms with Gasteiger partial charge in [-0.25, -0.2) is 4.39 Å². The van der Waals surface area contributed by atoms with Crippen LogP contribution in [0.15, 0.2) is 24.3 Å². The summed E-state index contributed by atoms with van der Waals surface area (Å²) in [5.41, 5.74) is 0.998. The predicted octanol–water partition coefficient (Wildman–Crippen LogP) is 2.37. The SMILES string of the molecule is COCCN(C)C1CCN(c2cccc(F)c2)CC1. The first-order valence-corrected chi connectivity index (χ1v) is 6.90. The number of nitrogens with zero attached hydrogens (tertiary/aromatic N) is 2. The van der Waals surface area contributed by atoms with Crippen molar-refractivity contribution in [1.29, 1.82) is 0 Å². The summed E-state index contributed by atoms with van der Waals surface area (Å²) >= 11 is 0. The van der Waals surface area contributed by atoms with Crippen molar-refractivity contribution >= 4 is 5.69 Å². The second-order valence-corrected chi connectivity index (χ2v) is 5.17. The van der Waals surface area contributed by atoms with Crippen LogP contribution < -0.4 is 4.90 Å². The van der Waals surface area contributed by atoms with E-state index in [1.54, 1.807) is 19.2 Å². The molecule has 0 atom stereocenters. The van der Waals surface area contributed by atoms with Crippen LogP contribution in [0, 0.1) is 5.82 Å². The molecule has 1 saturated heterocycles. The molecule has 2 rings (SSSR count). The number of rotatable bonds is 5. The van der Waals surface area contributed by atoms with Crippen LogP contribution in [-0.2, 0) is 4.74 Å². The van der Waals surface area contributed by atoms with Gasteiger partial charge in [0, 0.05) is 38.5 Å². The molecule has 106 valence electrons. The fourth-order valence-corrected chi connectivity index (χ4v) is 2.66. The number of halogens is 1. The Kier molecular flexibility index (Phi) is 5.16. The minimum absolute atomic E-state index is 0.156. The van der Waals surface area contributed by atoms with Gasteiger partial charge < -0.3 is 14.5 Å². The van der Waals surface area contributed by atoms with E-state index in [4.69, 9.17) is 4.74 Å². The van der Waals surface area contributed by atoms with Gasteiger partial charge in [0.05, 0.1) is 6.61 Å². The molecule has 1 heterocycles. The molecule has 1 aromatic carbocycles. The molecular formula is C15H23FN2O. The van der Waals surface area contributed by atoms with Crippen molar-refractivity contribution in [2.45, 2.75) is 18.9 Å². The Bertz CT molecular complexity index is 391. The first-order chi connectivity index (χ1) is 9.20. The number of benzene rings is 1. The third kappa shape index (κ3) is 3.91. The van der Waals surface area contributed by atoms with E-state index in [1.807, 2.05) is 6.07 Å². The summed E-state index contributed by atoms with van der Waals surface area (Å²) < 4.78 is 18.3. The van der Waals surface area contributed by atoms with Crippen molar-refractivity contribution in [1.82, 2.24) is 4.90 Å². The second kappa shape index (κ2) is 6.87. The molecule has 0 N–H and O–H groups in total. The van der Waals surface area contributed by atoms with Crippen molar-refractivity contribution < 1.29 is 9.13 Å². The highest BCUT2D eigenvalue weighted by molar-refractivity contribution is 5.46. The minimum atomic E-state index is -0.156. The molecule has 4 heteroatoms. The van der Waals surface area contributed by atoms with E-state index in [1.165, 1.54) is 6.07 Å². The maximum absolute atomic E-state index is 13.2. The molecular weight excluding hydrogens is 243 g/mol. The molecule has 0 spiro atoms. The van der Waals surface area contributed by atoms with Gasteiger partial charge in [0.1, 0.15) is 5.82 Å². The predicted molar refractivity (Wildman–Crippen MR) is 76.1 cm³/mol. The van der Waals surface area contributed by atoms with Crippen LogP contribution in [0.2, 0.25) is 0 Å². The summed E-state index contributed by atoms with van der Waals surface area (Å²) in [7, 11) is 3.89. The summed E-state index contributed by atoms with van der Waals surface area (Å²) in [6, 6.07) is 7.49. The molecule has 0 bridgehead atoms. The number of hydrogen-bond acceptors (Lipinski definition) is 3. The highest BCUT2D eigenvalue weighted by Gasteiger charge is 2.22. The van der Waals surface area contributed by atoms with Gasteiger partial charge in [-0.05, 0) is 38.1 Å². The highest BCUT2D eigenvalue weighted by Crippen LogP contribution is 2.22. The minimum Gasteiger partial charge on any atom is -0.383 e. The van der Waals surface area contributed by atoms with E-state index in [0.717, 1.165) is 44.8 Å². The molecule has 1 fully saturated rings. The van der Waals surface area contributed by atoms with Gasteiger partial charge in [-0.15, -0.1) is 0 Å². The summed E-state index contributed by atoms with van der Waals surface area (Å²) in [6.07, 6.45) is 2.24. The molecule has 0 radical (unpaired) electrons. The fourth-order valence-electron chi connectivity index (χ4n) is 2.66. The summed E-state index contributed by atoms with van der Waals surface area (Å²) in [6.45, 7) is 3.73. The van der Waals surface area contributed by atoms with E-state index >= 15 is 0 Å². The largest absolute Gasteiger partial charge is 0.383 e. The lowest BCUT2D eigenvalue weighted by molar-refractivity contribution is 0.128. The van der Waals surface area contributed by atoms with Gasteiger partial charge in [0.15, 0.2) is 0 Å². The normalized spacial score (nSPS) is 17.2. The van der Waals surface area contributed by atoms with Crippen LogP contribution in [0.5, 0.6) is 0 Å². The second-order valence-electron chi connectivity index (χ2n) is 5.17. The van der Waals surface area contributed by atoms with Gasteiger partial charge in [-0.2, -0.15) is 0 Å². The Morgan fingerprint density at radius 1 is 1.37 bits per heavy atom. The molecule has 19 heavy (non-hydrogen) atoms. The molecule has 0 saturated carbocycles. The van der Waals surface area contributed by atoms with Crippen LogP contribution in [0.25, 0.3) is 0 Å². The van der Waals surface area contributed by atoms with Crippen LogP contribution in [0.1, 0.15) is 12.8 Å². The first kappa shape index (κ1) is 14.3. The zero-order valence-corrected chi connectivity index (χ0v) is 11.8. The topological polar surface area (TPSA) is 15.7 Å². The zero-order valence-electron chi connectivity index (χ0n) is 11.8. The van der Waals surface area contributed by atoms with Gasteiger partial charge in [-0.1, -0.05) is 6.07 Å². The van der Waals surface area contributed by atoms with E-state index in [0.29, 0.717) is 6.04 Å². The molecule has 0 unspecified atom stereocenters. The number of anilines is 1.